The van der Waals surface area contributed by atoms with Crippen LogP contribution in [0.5, 0.6) is 11.5 Å². The van der Waals surface area contributed by atoms with Gasteiger partial charge in [-0.3, -0.25) is 4.98 Å². The smallest absolute Gasteiger partial charge is 0.131 e. The number of aryl methyl sites for hydroxylation is 1. The molecule has 4 heteroatoms. The van der Waals surface area contributed by atoms with Crippen LogP contribution in [-0.4, -0.2) is 4.98 Å². The van der Waals surface area contributed by atoms with E-state index in [1.54, 1.807) is 30.5 Å². The van der Waals surface area contributed by atoms with Crippen molar-refractivity contribution in [3.05, 3.63) is 53.6 Å². The molecule has 0 fully saturated rings. The summed E-state index contributed by atoms with van der Waals surface area (Å²) in [5.41, 5.74) is 6.71. The summed E-state index contributed by atoms with van der Waals surface area (Å²) >= 11 is 0. The second kappa shape index (κ2) is 4.93. The van der Waals surface area contributed by atoms with Crippen molar-refractivity contribution >= 4 is 0 Å². The number of pyridine rings is 1. The summed E-state index contributed by atoms with van der Waals surface area (Å²) in [6.07, 6.45) is 1.65. The summed E-state index contributed by atoms with van der Waals surface area (Å²) in [6.45, 7) is 2.05. The van der Waals surface area contributed by atoms with Crippen LogP contribution in [0.4, 0.5) is 4.39 Å². The number of nitrogens with two attached hydrogens (primary N) is 1. The van der Waals surface area contributed by atoms with Crippen LogP contribution in [0.1, 0.15) is 11.3 Å². The lowest BCUT2D eigenvalue weighted by atomic mass is 10.2. The molecule has 0 amide bonds. The Morgan fingerprint density at radius 1 is 1.24 bits per heavy atom. The van der Waals surface area contributed by atoms with Gasteiger partial charge in [-0.2, -0.15) is 0 Å². The van der Waals surface area contributed by atoms with Crippen LogP contribution in [0.25, 0.3) is 0 Å². The van der Waals surface area contributed by atoms with Crippen LogP contribution in [0.15, 0.2) is 36.5 Å². The highest BCUT2D eigenvalue weighted by molar-refractivity contribution is 5.34. The number of ether oxygens (including phenoxy) is 1. The zero-order valence-corrected chi connectivity index (χ0v) is 9.48. The van der Waals surface area contributed by atoms with E-state index in [0.717, 1.165) is 5.69 Å². The lowest BCUT2D eigenvalue weighted by Gasteiger charge is -2.07. The van der Waals surface area contributed by atoms with Crippen molar-refractivity contribution in [1.29, 1.82) is 0 Å². The van der Waals surface area contributed by atoms with E-state index in [2.05, 4.69) is 4.98 Å². The van der Waals surface area contributed by atoms with Gasteiger partial charge in [-0.25, -0.2) is 4.39 Å². The van der Waals surface area contributed by atoms with Gasteiger partial charge in [0, 0.05) is 36.1 Å². The van der Waals surface area contributed by atoms with Crippen LogP contribution >= 0.6 is 0 Å². The molecule has 2 aromatic rings. The monoisotopic (exact) mass is 232 g/mol. The van der Waals surface area contributed by atoms with Crippen LogP contribution < -0.4 is 10.5 Å². The van der Waals surface area contributed by atoms with Crippen molar-refractivity contribution in [2.75, 3.05) is 0 Å². The van der Waals surface area contributed by atoms with Crippen molar-refractivity contribution in [2.24, 2.45) is 5.73 Å². The molecule has 0 atom stereocenters. The quantitative estimate of drug-likeness (QED) is 0.885. The predicted molar refractivity (Wildman–Crippen MR) is 63.3 cm³/mol. The highest BCUT2D eigenvalue weighted by Gasteiger charge is 2.04. The van der Waals surface area contributed by atoms with Gasteiger partial charge >= 0.3 is 0 Å². The molecule has 0 unspecified atom stereocenters. The lowest BCUT2D eigenvalue weighted by molar-refractivity contribution is 0.474. The second-order valence-electron chi connectivity index (χ2n) is 3.69. The average molecular weight is 232 g/mol. The molecule has 0 saturated heterocycles. The molecule has 2 N–H and O–H groups in total. The molecule has 0 aliphatic rings. The first-order chi connectivity index (χ1) is 8.19. The molecular formula is C13H13FN2O. The van der Waals surface area contributed by atoms with E-state index in [9.17, 15) is 4.39 Å². The van der Waals surface area contributed by atoms with E-state index < -0.39 is 0 Å². The Morgan fingerprint density at radius 2 is 2.00 bits per heavy atom. The van der Waals surface area contributed by atoms with Gasteiger partial charge in [0.25, 0.3) is 0 Å². The molecular weight excluding hydrogens is 219 g/mol. The minimum atomic E-state index is -0.351. The van der Waals surface area contributed by atoms with Gasteiger partial charge in [0.05, 0.1) is 0 Å². The minimum absolute atomic E-state index is 0.181. The Kier molecular flexibility index (Phi) is 3.35. The molecule has 1 aromatic carbocycles. The Balaban J connectivity index is 2.22. The van der Waals surface area contributed by atoms with Gasteiger partial charge in [0.15, 0.2) is 0 Å². The summed E-state index contributed by atoms with van der Waals surface area (Å²) in [4.78, 5) is 4.06. The fourth-order valence-corrected chi connectivity index (χ4v) is 1.48. The van der Waals surface area contributed by atoms with Crippen LogP contribution in [0, 0.1) is 12.7 Å². The van der Waals surface area contributed by atoms with E-state index in [4.69, 9.17) is 10.5 Å². The Labute approximate surface area is 99.1 Å². The third kappa shape index (κ3) is 2.79. The molecule has 0 radical (unpaired) electrons. The van der Waals surface area contributed by atoms with Crippen LogP contribution in [-0.2, 0) is 6.54 Å². The molecule has 1 aromatic heterocycles. The lowest BCUT2D eigenvalue weighted by Crippen LogP contribution is -1.99. The van der Waals surface area contributed by atoms with Gasteiger partial charge in [-0.1, -0.05) is 6.07 Å². The fourth-order valence-electron chi connectivity index (χ4n) is 1.48. The van der Waals surface area contributed by atoms with Gasteiger partial charge in [0.2, 0.25) is 0 Å². The summed E-state index contributed by atoms with van der Waals surface area (Å²) in [5, 5.41) is 0. The molecule has 0 spiro atoms. The molecule has 2 rings (SSSR count). The van der Waals surface area contributed by atoms with Gasteiger partial charge in [-0.05, 0) is 19.1 Å². The summed E-state index contributed by atoms with van der Waals surface area (Å²) < 4.78 is 19.0. The van der Waals surface area contributed by atoms with Crippen molar-refractivity contribution in [1.82, 2.24) is 4.98 Å². The third-order valence-corrected chi connectivity index (χ3v) is 2.35. The van der Waals surface area contributed by atoms with Crippen LogP contribution in [0.3, 0.4) is 0 Å². The maximum Gasteiger partial charge on any atom is 0.131 e. The van der Waals surface area contributed by atoms with Crippen LogP contribution in [0.2, 0.25) is 0 Å². The summed E-state index contributed by atoms with van der Waals surface area (Å²) in [7, 11) is 0. The molecule has 1 heterocycles. The molecule has 0 aliphatic heterocycles. The fraction of sp³-hybridized carbons (Fsp3) is 0.154. The molecule has 0 saturated carbocycles. The number of nitrogens with zero attached hydrogens (tertiary/aromatic N) is 1. The first-order valence-corrected chi connectivity index (χ1v) is 5.28. The molecule has 0 bridgehead atoms. The maximum absolute atomic E-state index is 13.5. The number of halogens is 1. The highest BCUT2D eigenvalue weighted by Crippen LogP contribution is 2.23. The van der Waals surface area contributed by atoms with E-state index in [1.807, 2.05) is 6.92 Å². The van der Waals surface area contributed by atoms with E-state index in [1.165, 1.54) is 6.07 Å². The van der Waals surface area contributed by atoms with Crippen molar-refractivity contribution in [3.8, 4) is 11.5 Å². The Morgan fingerprint density at radius 3 is 2.65 bits per heavy atom. The van der Waals surface area contributed by atoms with Crippen molar-refractivity contribution < 1.29 is 9.13 Å². The topological polar surface area (TPSA) is 48.1 Å². The molecule has 88 valence electrons. The summed E-state index contributed by atoms with van der Waals surface area (Å²) in [6, 6.07) is 8.16. The average Bonchev–Trinajstić information content (AvgIpc) is 2.29. The SMILES string of the molecule is Cc1cc(Oc2ccc(CN)c(F)c2)ccn1. The number of hydrogen-bond acceptors (Lipinski definition) is 3. The van der Waals surface area contributed by atoms with Crippen molar-refractivity contribution in [2.45, 2.75) is 13.5 Å². The van der Waals surface area contributed by atoms with E-state index in [0.29, 0.717) is 17.1 Å². The molecule has 0 aliphatic carbocycles. The predicted octanol–water partition coefficient (Wildman–Crippen LogP) is 2.78. The third-order valence-electron chi connectivity index (χ3n) is 2.35. The van der Waals surface area contributed by atoms with Gasteiger partial charge < -0.3 is 10.5 Å². The number of rotatable bonds is 3. The first kappa shape index (κ1) is 11.5. The highest BCUT2D eigenvalue weighted by atomic mass is 19.1. The minimum Gasteiger partial charge on any atom is -0.457 e. The molecule has 17 heavy (non-hydrogen) atoms. The van der Waals surface area contributed by atoms with Gasteiger partial charge in [-0.15, -0.1) is 0 Å². The van der Waals surface area contributed by atoms with Crippen molar-refractivity contribution in [3.63, 3.8) is 0 Å². The zero-order chi connectivity index (χ0) is 12.3. The maximum atomic E-state index is 13.5. The number of benzene rings is 1. The van der Waals surface area contributed by atoms with Gasteiger partial charge in [0.1, 0.15) is 17.3 Å². The second-order valence-corrected chi connectivity index (χ2v) is 3.69. The standard InChI is InChI=1S/C13H13FN2O/c1-9-6-12(4-5-16-9)17-11-3-2-10(8-15)13(14)7-11/h2-7H,8,15H2,1H3. The zero-order valence-electron chi connectivity index (χ0n) is 9.48. The van der Waals surface area contributed by atoms with E-state index in [-0.39, 0.29) is 12.4 Å². The normalized spacial score (nSPS) is 10.3. The largest absolute Gasteiger partial charge is 0.457 e. The first-order valence-electron chi connectivity index (χ1n) is 5.28. The Bertz CT molecular complexity index is 529. The Hall–Kier alpha value is -1.94. The molecule has 3 nitrogen and oxygen atoms in total. The summed E-state index contributed by atoms with van der Waals surface area (Å²) in [5.74, 6) is 0.735. The number of hydrogen-bond donors (Lipinski definition) is 1. The number of aromatic nitrogens is 1. The van der Waals surface area contributed by atoms with E-state index >= 15 is 0 Å².